The van der Waals surface area contributed by atoms with Crippen LogP contribution >= 0.6 is 23.5 Å². The molecule has 2 amide bonds. The van der Waals surface area contributed by atoms with Gasteiger partial charge in [-0.15, -0.1) is 0 Å². The minimum absolute atomic E-state index is 0.00870. The average molecular weight is 722 g/mol. The number of likely N-dealkylation sites (N-methyl/N-ethyl adjacent to an activating group) is 1. The molecule has 0 radical (unpaired) electrons. The first kappa shape index (κ1) is 35.3. The Bertz CT molecular complexity index is 1890. The molecule has 2 atom stereocenters. The maximum Gasteiger partial charge on any atom is 0.471 e. The molecule has 3 aliphatic rings. The summed E-state index contributed by atoms with van der Waals surface area (Å²) >= 11 is 2.42. The first-order valence-electron chi connectivity index (χ1n) is 15.9. The molecular formula is C35H34F3N7O3S2. The standard InChI is InChI=1S/C35H34F3N7O3S2/c1-4-44(21(2)28-19-40-14-15-48-28)26-12-10-23(18-39)16-25(26)42-34-45(20-22-8-6-5-7-9-22)31(46)30(50-34)32-43(3)27-13-11-24(17-29(27)49-32)41-33(47)35(36,37)38/h5-13,16-17,21,28,40H,4,14-15,19-20H2,1-3H3,(H,41,47). The fourth-order valence-electron chi connectivity index (χ4n) is 5.96. The largest absolute Gasteiger partial charge is 0.471 e. The van der Waals surface area contributed by atoms with Gasteiger partial charge in [0, 0.05) is 37.3 Å². The number of hydrogen-bond donors (Lipinski definition) is 2. The van der Waals surface area contributed by atoms with E-state index in [1.54, 1.807) is 35.0 Å². The second-order valence-corrected chi connectivity index (χ2v) is 13.8. The number of halogens is 3. The third kappa shape index (κ3) is 7.34. The molecule has 3 aromatic carbocycles. The van der Waals surface area contributed by atoms with Crippen molar-refractivity contribution in [3.63, 3.8) is 0 Å². The van der Waals surface area contributed by atoms with Crippen LogP contribution in [0, 0.1) is 11.3 Å². The zero-order chi connectivity index (χ0) is 35.6. The molecule has 0 spiro atoms. The third-order valence-electron chi connectivity index (χ3n) is 8.55. The minimum Gasteiger partial charge on any atom is -0.373 e. The molecule has 2 saturated heterocycles. The second kappa shape index (κ2) is 14.8. The number of nitrogens with one attached hydrogen (secondary N) is 2. The molecule has 0 aromatic heterocycles. The number of anilines is 3. The molecule has 10 nitrogen and oxygen atoms in total. The van der Waals surface area contributed by atoms with Crippen molar-refractivity contribution >= 4 is 63.3 Å². The number of fused-ring (bicyclic) bond motifs is 1. The highest BCUT2D eigenvalue weighted by atomic mass is 32.2. The fraction of sp³-hybridized carbons (Fsp3) is 0.314. The van der Waals surface area contributed by atoms with Crippen molar-refractivity contribution in [3.8, 4) is 6.07 Å². The number of amidine groups is 1. The Morgan fingerprint density at radius 2 is 1.96 bits per heavy atom. The van der Waals surface area contributed by atoms with Gasteiger partial charge in [0.25, 0.3) is 5.91 Å². The number of alkyl halides is 3. The molecule has 2 unspecified atom stereocenters. The van der Waals surface area contributed by atoms with E-state index in [0.29, 0.717) is 56.6 Å². The third-order valence-corrected chi connectivity index (χ3v) is 11.0. The highest BCUT2D eigenvalue weighted by Gasteiger charge is 2.41. The molecule has 260 valence electrons. The second-order valence-electron chi connectivity index (χ2n) is 11.8. The summed E-state index contributed by atoms with van der Waals surface area (Å²) in [7, 11) is 1.77. The summed E-state index contributed by atoms with van der Waals surface area (Å²) < 4.78 is 44.8. The van der Waals surface area contributed by atoms with Crippen LogP contribution in [-0.4, -0.2) is 73.5 Å². The van der Waals surface area contributed by atoms with Gasteiger partial charge in [0.2, 0.25) is 0 Å². The number of ether oxygens (including phenoxy) is 1. The van der Waals surface area contributed by atoms with Crippen LogP contribution in [0.15, 0.2) is 86.6 Å². The first-order chi connectivity index (χ1) is 24.0. The number of carbonyl (C=O) groups excluding carboxylic acids is 2. The lowest BCUT2D eigenvalue weighted by Crippen LogP contribution is -2.51. The number of nitrogens with zero attached hydrogens (tertiary/aromatic N) is 5. The maximum absolute atomic E-state index is 14.3. The number of carbonyl (C=O) groups is 2. The van der Waals surface area contributed by atoms with Gasteiger partial charge in [-0.25, -0.2) is 4.99 Å². The van der Waals surface area contributed by atoms with Crippen LogP contribution in [0.4, 0.5) is 35.9 Å². The van der Waals surface area contributed by atoms with Crippen LogP contribution in [0.25, 0.3) is 0 Å². The van der Waals surface area contributed by atoms with E-state index in [9.17, 15) is 28.0 Å². The number of amides is 2. The van der Waals surface area contributed by atoms with Crippen LogP contribution in [0.3, 0.4) is 0 Å². The van der Waals surface area contributed by atoms with Crippen LogP contribution < -0.4 is 20.4 Å². The summed E-state index contributed by atoms with van der Waals surface area (Å²) in [4.78, 5) is 37.5. The fourth-order valence-corrected chi connectivity index (χ4v) is 8.33. The van der Waals surface area contributed by atoms with Gasteiger partial charge in [0.05, 0.1) is 59.0 Å². The molecule has 3 aliphatic heterocycles. The SMILES string of the molecule is CCN(c1ccc(C#N)cc1N=C1SC(=C2Sc3cc(NC(=O)C(F)(F)F)ccc3N2C)C(=O)N1Cc1ccccc1)C(C)C1CNCCO1. The molecule has 15 heteroatoms. The Morgan fingerprint density at radius 1 is 1.18 bits per heavy atom. The van der Waals surface area contributed by atoms with Crippen molar-refractivity contribution in [3.05, 3.63) is 87.8 Å². The van der Waals surface area contributed by atoms with Crippen molar-refractivity contribution in [1.29, 1.82) is 5.26 Å². The number of benzene rings is 3. The highest BCUT2D eigenvalue weighted by molar-refractivity contribution is 8.19. The Hall–Kier alpha value is -4.49. The summed E-state index contributed by atoms with van der Waals surface area (Å²) in [5, 5.41) is 16.1. The molecule has 6 rings (SSSR count). The van der Waals surface area contributed by atoms with Crippen molar-refractivity contribution in [2.24, 2.45) is 4.99 Å². The molecular weight excluding hydrogens is 688 g/mol. The van der Waals surface area contributed by atoms with E-state index < -0.39 is 12.1 Å². The summed E-state index contributed by atoms with van der Waals surface area (Å²) in [6.07, 6.45) is -5.09. The normalized spacial score (nSPS) is 20.5. The number of hydrogen-bond acceptors (Lipinski definition) is 10. The Balaban J connectivity index is 1.39. The van der Waals surface area contributed by atoms with E-state index in [-0.39, 0.29) is 30.3 Å². The van der Waals surface area contributed by atoms with Crippen molar-refractivity contribution in [2.45, 2.75) is 43.6 Å². The van der Waals surface area contributed by atoms with Gasteiger partial charge < -0.3 is 25.2 Å². The molecule has 0 bridgehead atoms. The summed E-state index contributed by atoms with van der Waals surface area (Å²) in [6.45, 7) is 7.13. The smallest absolute Gasteiger partial charge is 0.373 e. The molecule has 0 aliphatic carbocycles. The van der Waals surface area contributed by atoms with Crippen LogP contribution in [0.2, 0.25) is 0 Å². The van der Waals surface area contributed by atoms with Gasteiger partial charge >= 0.3 is 12.1 Å². The molecule has 3 aromatic rings. The quantitative estimate of drug-likeness (QED) is 0.254. The van der Waals surface area contributed by atoms with Gasteiger partial charge in [0.15, 0.2) is 5.17 Å². The molecule has 50 heavy (non-hydrogen) atoms. The Morgan fingerprint density at radius 3 is 2.64 bits per heavy atom. The Labute approximate surface area is 296 Å². The molecule has 2 N–H and O–H groups in total. The zero-order valence-corrected chi connectivity index (χ0v) is 29.1. The monoisotopic (exact) mass is 721 g/mol. The van der Waals surface area contributed by atoms with Crippen molar-refractivity contribution < 1.29 is 27.5 Å². The average Bonchev–Trinajstić information content (AvgIpc) is 3.60. The van der Waals surface area contributed by atoms with Crippen LogP contribution in [-0.2, 0) is 20.9 Å². The Kier molecular flexibility index (Phi) is 10.4. The van der Waals surface area contributed by atoms with Gasteiger partial charge in [0.1, 0.15) is 4.91 Å². The van der Waals surface area contributed by atoms with Gasteiger partial charge in [-0.2, -0.15) is 18.4 Å². The molecule has 3 heterocycles. The number of aliphatic imine (C=N–C) groups is 1. The summed E-state index contributed by atoms with van der Waals surface area (Å²) in [5.41, 5.74) is 3.30. The summed E-state index contributed by atoms with van der Waals surface area (Å²) in [5.74, 6) is -2.35. The number of rotatable bonds is 8. The lowest BCUT2D eigenvalue weighted by molar-refractivity contribution is -0.167. The lowest BCUT2D eigenvalue weighted by Gasteiger charge is -2.38. The number of morpholine rings is 1. The van der Waals surface area contributed by atoms with Crippen LogP contribution in [0.1, 0.15) is 25.0 Å². The van der Waals surface area contributed by atoms with Crippen molar-refractivity contribution in [1.82, 2.24) is 10.2 Å². The van der Waals surface area contributed by atoms with Crippen LogP contribution in [0.5, 0.6) is 0 Å². The minimum atomic E-state index is -5.03. The van der Waals surface area contributed by atoms with E-state index in [4.69, 9.17) is 9.73 Å². The van der Waals surface area contributed by atoms with Gasteiger partial charge in [-0.3, -0.25) is 14.5 Å². The molecule has 2 fully saturated rings. The van der Waals surface area contributed by atoms with Gasteiger partial charge in [-0.1, -0.05) is 42.1 Å². The summed E-state index contributed by atoms with van der Waals surface area (Å²) in [6, 6.07) is 21.5. The van der Waals surface area contributed by atoms with E-state index in [0.717, 1.165) is 17.8 Å². The van der Waals surface area contributed by atoms with E-state index >= 15 is 0 Å². The van der Waals surface area contributed by atoms with E-state index in [2.05, 4.69) is 23.2 Å². The van der Waals surface area contributed by atoms with Crippen molar-refractivity contribution in [2.75, 3.05) is 48.4 Å². The van der Waals surface area contributed by atoms with E-state index in [1.807, 2.05) is 48.6 Å². The predicted molar refractivity (Wildman–Crippen MR) is 190 cm³/mol. The number of thioether (sulfide) groups is 2. The van der Waals surface area contributed by atoms with Gasteiger partial charge in [-0.05, 0) is 67.6 Å². The topological polar surface area (TPSA) is 113 Å². The molecule has 0 saturated carbocycles. The number of nitriles is 1. The highest BCUT2D eigenvalue weighted by Crippen LogP contribution is 2.51. The zero-order valence-electron chi connectivity index (χ0n) is 27.5. The lowest BCUT2D eigenvalue weighted by atomic mass is 10.1. The predicted octanol–water partition coefficient (Wildman–Crippen LogP) is 6.44. The first-order valence-corrected chi connectivity index (χ1v) is 17.5. The van der Waals surface area contributed by atoms with E-state index in [1.165, 1.54) is 35.7 Å². The maximum atomic E-state index is 14.3.